The topological polar surface area (TPSA) is 24.9 Å². The van der Waals surface area contributed by atoms with Crippen molar-refractivity contribution in [2.45, 2.75) is 25.7 Å². The van der Waals surface area contributed by atoms with Crippen molar-refractivity contribution in [1.82, 2.24) is 10.3 Å². The molecule has 0 radical (unpaired) electrons. The second-order valence-corrected chi connectivity index (χ2v) is 5.85. The number of nitrogens with one attached hydrogen (secondary N) is 1. The van der Waals surface area contributed by atoms with Crippen molar-refractivity contribution in [3.05, 3.63) is 40.2 Å². The van der Waals surface area contributed by atoms with Crippen LogP contribution in [0.5, 0.6) is 0 Å². The van der Waals surface area contributed by atoms with Crippen LogP contribution in [-0.4, -0.2) is 18.1 Å². The Kier molecular flexibility index (Phi) is 3.43. The highest BCUT2D eigenvalue weighted by atomic mass is 32.1. The lowest BCUT2D eigenvalue weighted by molar-refractivity contribution is 0.459. The van der Waals surface area contributed by atoms with Crippen molar-refractivity contribution < 1.29 is 0 Å². The molecule has 2 heterocycles. The number of aromatic nitrogens is 1. The summed E-state index contributed by atoms with van der Waals surface area (Å²) in [5.74, 6) is 0.662. The maximum atomic E-state index is 4.84. The van der Waals surface area contributed by atoms with Gasteiger partial charge in [0.2, 0.25) is 0 Å². The third kappa shape index (κ3) is 2.47. The number of thiazole rings is 1. The number of rotatable bonds is 2. The lowest BCUT2D eigenvalue weighted by Gasteiger charge is -2.20. The van der Waals surface area contributed by atoms with Crippen molar-refractivity contribution in [3.8, 4) is 11.3 Å². The lowest BCUT2D eigenvalue weighted by Crippen LogP contribution is -2.26. The van der Waals surface area contributed by atoms with Crippen molar-refractivity contribution in [2.75, 3.05) is 13.1 Å². The third-order valence-corrected chi connectivity index (χ3v) is 4.53. The zero-order valence-corrected chi connectivity index (χ0v) is 11.5. The predicted octanol–water partition coefficient (Wildman–Crippen LogP) is 3.59. The summed E-state index contributed by atoms with van der Waals surface area (Å²) < 4.78 is 0. The Morgan fingerprint density at radius 3 is 2.89 bits per heavy atom. The van der Waals surface area contributed by atoms with E-state index in [0.29, 0.717) is 5.92 Å². The van der Waals surface area contributed by atoms with E-state index in [9.17, 15) is 0 Å². The molecule has 1 aliphatic heterocycles. The fourth-order valence-corrected chi connectivity index (χ4v) is 3.48. The summed E-state index contributed by atoms with van der Waals surface area (Å²) in [6.07, 6.45) is 2.45. The van der Waals surface area contributed by atoms with Crippen LogP contribution in [0.4, 0.5) is 0 Å². The van der Waals surface area contributed by atoms with E-state index in [2.05, 4.69) is 41.9 Å². The number of aryl methyl sites for hydroxylation is 1. The first-order valence-corrected chi connectivity index (χ1v) is 7.44. The van der Waals surface area contributed by atoms with Gasteiger partial charge in [0.1, 0.15) is 0 Å². The van der Waals surface area contributed by atoms with Crippen LogP contribution < -0.4 is 5.32 Å². The predicted molar refractivity (Wildman–Crippen MR) is 77.1 cm³/mol. The van der Waals surface area contributed by atoms with Crippen LogP contribution in [0.1, 0.15) is 29.3 Å². The Bertz CT molecular complexity index is 527. The molecule has 1 aromatic heterocycles. The van der Waals surface area contributed by atoms with E-state index in [1.54, 1.807) is 0 Å². The Hall–Kier alpha value is -1.19. The third-order valence-electron chi connectivity index (χ3n) is 3.52. The van der Waals surface area contributed by atoms with E-state index in [1.165, 1.54) is 29.0 Å². The van der Waals surface area contributed by atoms with Gasteiger partial charge in [-0.2, -0.15) is 0 Å². The molecular weight excluding hydrogens is 240 g/mol. The van der Waals surface area contributed by atoms with Crippen molar-refractivity contribution in [2.24, 2.45) is 0 Å². The molecule has 0 atom stereocenters. The Balaban J connectivity index is 1.84. The second kappa shape index (κ2) is 5.21. The normalized spacial score (nSPS) is 16.9. The van der Waals surface area contributed by atoms with Gasteiger partial charge in [-0.1, -0.05) is 23.8 Å². The number of piperidine rings is 1. The summed E-state index contributed by atoms with van der Waals surface area (Å²) in [6, 6.07) is 8.59. The molecule has 3 rings (SSSR count). The number of nitrogens with zero attached hydrogens (tertiary/aromatic N) is 1. The molecule has 1 aliphatic rings. The van der Waals surface area contributed by atoms with E-state index in [1.807, 2.05) is 11.3 Å². The van der Waals surface area contributed by atoms with Gasteiger partial charge in [-0.3, -0.25) is 0 Å². The van der Waals surface area contributed by atoms with Gasteiger partial charge in [0.15, 0.2) is 0 Å². The van der Waals surface area contributed by atoms with Gasteiger partial charge in [0, 0.05) is 16.9 Å². The van der Waals surface area contributed by atoms with Crippen molar-refractivity contribution in [1.29, 1.82) is 0 Å². The lowest BCUT2D eigenvalue weighted by atomic mass is 9.99. The number of hydrogen-bond acceptors (Lipinski definition) is 3. The van der Waals surface area contributed by atoms with Crippen molar-refractivity contribution >= 4 is 11.3 Å². The highest BCUT2D eigenvalue weighted by Gasteiger charge is 2.18. The SMILES string of the molecule is Cc1cccc(-c2csc(C3CCNCC3)n2)c1. The minimum absolute atomic E-state index is 0.662. The summed E-state index contributed by atoms with van der Waals surface area (Å²) in [6.45, 7) is 4.39. The zero-order valence-electron chi connectivity index (χ0n) is 10.6. The van der Waals surface area contributed by atoms with E-state index in [0.717, 1.165) is 18.8 Å². The van der Waals surface area contributed by atoms with Crippen LogP contribution >= 0.6 is 11.3 Å². The van der Waals surface area contributed by atoms with Crippen LogP contribution in [0.15, 0.2) is 29.6 Å². The summed E-state index contributed by atoms with van der Waals surface area (Å²) >= 11 is 1.82. The first-order chi connectivity index (χ1) is 8.83. The fourth-order valence-electron chi connectivity index (χ4n) is 2.48. The van der Waals surface area contributed by atoms with Crippen LogP contribution in [0.25, 0.3) is 11.3 Å². The smallest absolute Gasteiger partial charge is 0.0964 e. The molecule has 2 aromatic rings. The van der Waals surface area contributed by atoms with Crippen LogP contribution in [-0.2, 0) is 0 Å². The highest BCUT2D eigenvalue weighted by Crippen LogP contribution is 2.31. The Morgan fingerprint density at radius 2 is 2.11 bits per heavy atom. The average molecular weight is 258 g/mol. The first-order valence-electron chi connectivity index (χ1n) is 6.56. The maximum Gasteiger partial charge on any atom is 0.0964 e. The highest BCUT2D eigenvalue weighted by molar-refractivity contribution is 7.10. The summed E-state index contributed by atoms with van der Waals surface area (Å²) in [5.41, 5.74) is 3.67. The van der Waals surface area contributed by atoms with E-state index in [4.69, 9.17) is 4.98 Å². The van der Waals surface area contributed by atoms with Gasteiger partial charge in [-0.05, 0) is 38.9 Å². The molecule has 0 amide bonds. The number of benzene rings is 1. The standard InChI is InChI=1S/C15H18N2S/c1-11-3-2-4-13(9-11)14-10-18-15(17-14)12-5-7-16-8-6-12/h2-4,9-10,12,16H,5-8H2,1H3. The first kappa shape index (κ1) is 11.9. The molecule has 0 unspecified atom stereocenters. The van der Waals surface area contributed by atoms with Crippen LogP contribution in [0.3, 0.4) is 0 Å². The van der Waals surface area contributed by atoms with E-state index in [-0.39, 0.29) is 0 Å². The monoisotopic (exact) mass is 258 g/mol. The van der Waals surface area contributed by atoms with Gasteiger partial charge >= 0.3 is 0 Å². The zero-order chi connectivity index (χ0) is 12.4. The Morgan fingerprint density at radius 1 is 1.28 bits per heavy atom. The minimum Gasteiger partial charge on any atom is -0.317 e. The molecule has 0 bridgehead atoms. The largest absolute Gasteiger partial charge is 0.317 e. The molecule has 1 saturated heterocycles. The van der Waals surface area contributed by atoms with Crippen LogP contribution in [0, 0.1) is 6.92 Å². The van der Waals surface area contributed by atoms with Crippen LogP contribution in [0.2, 0.25) is 0 Å². The maximum absolute atomic E-state index is 4.84. The van der Waals surface area contributed by atoms with Gasteiger partial charge in [0.25, 0.3) is 0 Å². The molecule has 3 heteroatoms. The van der Waals surface area contributed by atoms with E-state index >= 15 is 0 Å². The molecule has 1 aromatic carbocycles. The van der Waals surface area contributed by atoms with Gasteiger partial charge in [0.05, 0.1) is 10.7 Å². The molecule has 18 heavy (non-hydrogen) atoms. The van der Waals surface area contributed by atoms with E-state index < -0.39 is 0 Å². The average Bonchev–Trinajstić information content (AvgIpc) is 2.89. The molecule has 1 fully saturated rings. The quantitative estimate of drug-likeness (QED) is 0.890. The minimum atomic E-state index is 0.662. The molecule has 0 saturated carbocycles. The summed E-state index contributed by atoms with van der Waals surface area (Å²) in [4.78, 5) is 4.84. The molecule has 94 valence electrons. The van der Waals surface area contributed by atoms with Gasteiger partial charge < -0.3 is 5.32 Å². The fraction of sp³-hybridized carbons (Fsp3) is 0.400. The molecular formula is C15H18N2S. The molecule has 0 spiro atoms. The van der Waals surface area contributed by atoms with Gasteiger partial charge in [-0.25, -0.2) is 4.98 Å². The van der Waals surface area contributed by atoms with Gasteiger partial charge in [-0.15, -0.1) is 11.3 Å². The number of hydrogen-bond donors (Lipinski definition) is 1. The molecule has 2 nitrogen and oxygen atoms in total. The van der Waals surface area contributed by atoms with Crippen molar-refractivity contribution in [3.63, 3.8) is 0 Å². The Labute approximate surface area is 112 Å². The molecule has 0 aliphatic carbocycles. The second-order valence-electron chi connectivity index (χ2n) is 4.96. The molecule has 1 N–H and O–H groups in total. The summed E-state index contributed by atoms with van der Waals surface area (Å²) in [7, 11) is 0. The summed E-state index contributed by atoms with van der Waals surface area (Å²) in [5, 5.41) is 6.92.